The van der Waals surface area contributed by atoms with Crippen LogP contribution in [0.25, 0.3) is 0 Å². The van der Waals surface area contributed by atoms with Crippen LogP contribution in [0.15, 0.2) is 23.1 Å². The van der Waals surface area contributed by atoms with Gasteiger partial charge in [0.05, 0.1) is 0 Å². The predicted octanol–water partition coefficient (Wildman–Crippen LogP) is 3.27. The van der Waals surface area contributed by atoms with Crippen LogP contribution in [0.2, 0.25) is 0 Å². The van der Waals surface area contributed by atoms with Crippen LogP contribution in [0.3, 0.4) is 0 Å². The fraction of sp³-hybridized carbons (Fsp3) is 0.417. The number of hydrogen-bond donors (Lipinski definition) is 1. The van der Waals surface area contributed by atoms with Gasteiger partial charge in [0.25, 0.3) is 5.24 Å². The summed E-state index contributed by atoms with van der Waals surface area (Å²) in [4.78, 5) is 12.5. The fourth-order valence-corrected chi connectivity index (χ4v) is 2.12. The van der Waals surface area contributed by atoms with Crippen LogP contribution in [0.4, 0.5) is 4.79 Å². The molecule has 3 heteroatoms. The van der Waals surface area contributed by atoms with Crippen LogP contribution < -0.4 is 5.32 Å². The zero-order valence-electron chi connectivity index (χ0n) is 9.04. The number of thioether (sulfide) groups is 1. The highest BCUT2D eigenvalue weighted by Gasteiger charge is 2.23. The van der Waals surface area contributed by atoms with Crippen LogP contribution in [0, 0.1) is 13.8 Å². The van der Waals surface area contributed by atoms with Gasteiger partial charge >= 0.3 is 0 Å². The van der Waals surface area contributed by atoms with Crippen molar-refractivity contribution in [3.63, 3.8) is 0 Å². The number of aryl methyl sites for hydroxylation is 2. The zero-order valence-corrected chi connectivity index (χ0v) is 9.86. The van der Waals surface area contributed by atoms with Gasteiger partial charge in [0.1, 0.15) is 0 Å². The first kappa shape index (κ1) is 10.6. The Balaban J connectivity index is 1.97. The lowest BCUT2D eigenvalue weighted by atomic mass is 10.1. The number of nitrogens with one attached hydrogen (secondary N) is 1. The number of rotatable bonds is 2. The van der Waals surface area contributed by atoms with E-state index in [1.807, 2.05) is 6.07 Å². The summed E-state index contributed by atoms with van der Waals surface area (Å²) in [6.07, 6.45) is 2.28. The Hall–Kier alpha value is -0.960. The molecule has 2 rings (SSSR count). The third-order valence-electron chi connectivity index (χ3n) is 2.59. The lowest BCUT2D eigenvalue weighted by Gasteiger charge is -2.05. The molecule has 0 saturated heterocycles. The van der Waals surface area contributed by atoms with E-state index in [0.717, 1.165) is 17.7 Å². The van der Waals surface area contributed by atoms with Gasteiger partial charge in [0.2, 0.25) is 0 Å². The number of amides is 1. The van der Waals surface area contributed by atoms with Crippen molar-refractivity contribution < 1.29 is 4.79 Å². The van der Waals surface area contributed by atoms with Gasteiger partial charge in [-0.2, -0.15) is 0 Å². The lowest BCUT2D eigenvalue weighted by Crippen LogP contribution is -2.20. The van der Waals surface area contributed by atoms with Crippen molar-refractivity contribution in [1.82, 2.24) is 5.32 Å². The molecule has 1 aromatic carbocycles. The molecule has 1 aliphatic carbocycles. The van der Waals surface area contributed by atoms with Crippen molar-refractivity contribution in [1.29, 1.82) is 0 Å². The Kier molecular flexibility index (Phi) is 3.00. The highest BCUT2D eigenvalue weighted by Crippen LogP contribution is 2.25. The van der Waals surface area contributed by atoms with Gasteiger partial charge < -0.3 is 5.32 Å². The minimum Gasteiger partial charge on any atom is -0.344 e. The van der Waals surface area contributed by atoms with E-state index in [2.05, 4.69) is 31.3 Å². The fourth-order valence-electron chi connectivity index (χ4n) is 1.31. The first-order valence-corrected chi connectivity index (χ1v) is 6.02. The molecule has 1 saturated carbocycles. The minimum absolute atomic E-state index is 0.0701. The topological polar surface area (TPSA) is 29.1 Å². The Morgan fingerprint density at radius 3 is 2.67 bits per heavy atom. The molecule has 0 bridgehead atoms. The second-order valence-corrected chi connectivity index (χ2v) is 5.10. The molecule has 1 aromatic rings. The van der Waals surface area contributed by atoms with Crippen molar-refractivity contribution in [2.75, 3.05) is 0 Å². The first-order chi connectivity index (χ1) is 7.15. The molecule has 1 fully saturated rings. The summed E-state index contributed by atoms with van der Waals surface area (Å²) in [5.74, 6) is 0. The van der Waals surface area contributed by atoms with Crippen LogP contribution in [0.1, 0.15) is 24.0 Å². The Morgan fingerprint density at radius 1 is 1.33 bits per heavy atom. The maximum Gasteiger partial charge on any atom is 0.284 e. The molecule has 1 aliphatic rings. The summed E-state index contributed by atoms with van der Waals surface area (Å²) < 4.78 is 0. The van der Waals surface area contributed by atoms with Crippen LogP contribution in [-0.4, -0.2) is 11.3 Å². The van der Waals surface area contributed by atoms with E-state index < -0.39 is 0 Å². The van der Waals surface area contributed by atoms with Crippen LogP contribution >= 0.6 is 11.8 Å². The van der Waals surface area contributed by atoms with Gasteiger partial charge in [0.15, 0.2) is 0 Å². The van der Waals surface area contributed by atoms with Gasteiger partial charge in [0, 0.05) is 10.9 Å². The molecule has 0 aromatic heterocycles. The molecule has 15 heavy (non-hydrogen) atoms. The Morgan fingerprint density at radius 2 is 2.07 bits per heavy atom. The van der Waals surface area contributed by atoms with E-state index in [4.69, 9.17) is 0 Å². The third kappa shape index (κ3) is 2.99. The third-order valence-corrected chi connectivity index (χ3v) is 3.38. The van der Waals surface area contributed by atoms with E-state index in [1.54, 1.807) is 0 Å². The molecule has 2 nitrogen and oxygen atoms in total. The van der Waals surface area contributed by atoms with Gasteiger partial charge in [-0.3, -0.25) is 4.79 Å². The number of hydrogen-bond acceptors (Lipinski definition) is 2. The average Bonchev–Trinajstić information content (AvgIpc) is 2.95. The standard InChI is InChI=1S/C12H15NOS/c1-8-3-6-11(7-9(8)2)15-12(14)13-10-4-5-10/h3,6-7,10H,4-5H2,1-2H3,(H,13,14). The summed E-state index contributed by atoms with van der Waals surface area (Å²) in [6, 6.07) is 6.56. The molecule has 1 N–H and O–H groups in total. The van der Waals surface area contributed by atoms with Crippen molar-refractivity contribution in [2.24, 2.45) is 0 Å². The second kappa shape index (κ2) is 4.27. The van der Waals surface area contributed by atoms with E-state index in [-0.39, 0.29) is 5.24 Å². The molecule has 80 valence electrons. The van der Waals surface area contributed by atoms with Gasteiger partial charge in [-0.1, -0.05) is 6.07 Å². The summed E-state index contributed by atoms with van der Waals surface area (Å²) in [7, 11) is 0. The van der Waals surface area contributed by atoms with Crippen molar-refractivity contribution in [3.8, 4) is 0 Å². The molecule has 0 aliphatic heterocycles. The first-order valence-electron chi connectivity index (χ1n) is 5.21. The quantitative estimate of drug-likeness (QED) is 0.777. The number of carbonyl (C=O) groups excluding carboxylic acids is 1. The number of carbonyl (C=O) groups is 1. The highest BCUT2D eigenvalue weighted by molar-refractivity contribution is 8.13. The molecule has 0 unspecified atom stereocenters. The predicted molar refractivity (Wildman–Crippen MR) is 63.3 cm³/mol. The maximum absolute atomic E-state index is 11.5. The van der Waals surface area contributed by atoms with Crippen molar-refractivity contribution >= 4 is 17.0 Å². The second-order valence-electron chi connectivity index (χ2n) is 4.05. The summed E-state index contributed by atoms with van der Waals surface area (Å²) in [5, 5.41) is 3.03. The van der Waals surface area contributed by atoms with Gasteiger partial charge in [-0.05, 0) is 61.7 Å². The van der Waals surface area contributed by atoms with E-state index in [1.165, 1.54) is 22.9 Å². The molecular weight excluding hydrogens is 206 g/mol. The van der Waals surface area contributed by atoms with Gasteiger partial charge in [-0.25, -0.2) is 0 Å². The molecule has 1 amide bonds. The summed E-state index contributed by atoms with van der Waals surface area (Å²) in [6.45, 7) is 4.15. The summed E-state index contributed by atoms with van der Waals surface area (Å²) in [5.41, 5.74) is 2.50. The average molecular weight is 221 g/mol. The smallest absolute Gasteiger partial charge is 0.284 e. The van der Waals surface area contributed by atoms with Gasteiger partial charge in [-0.15, -0.1) is 0 Å². The van der Waals surface area contributed by atoms with Crippen molar-refractivity contribution in [2.45, 2.75) is 37.6 Å². The maximum atomic E-state index is 11.5. The molecule has 0 atom stereocenters. The van der Waals surface area contributed by atoms with Crippen molar-refractivity contribution in [3.05, 3.63) is 29.3 Å². The number of benzene rings is 1. The minimum atomic E-state index is 0.0701. The Bertz CT molecular complexity index is 385. The van der Waals surface area contributed by atoms with Crippen LogP contribution in [0.5, 0.6) is 0 Å². The lowest BCUT2D eigenvalue weighted by molar-refractivity contribution is 0.260. The SMILES string of the molecule is Cc1ccc(SC(=O)NC2CC2)cc1C. The highest BCUT2D eigenvalue weighted by atomic mass is 32.2. The monoisotopic (exact) mass is 221 g/mol. The molecule has 0 radical (unpaired) electrons. The Labute approximate surface area is 94.4 Å². The molecular formula is C12H15NOS. The molecule has 0 heterocycles. The van der Waals surface area contributed by atoms with E-state index in [0.29, 0.717) is 6.04 Å². The summed E-state index contributed by atoms with van der Waals surface area (Å²) >= 11 is 1.28. The largest absolute Gasteiger partial charge is 0.344 e. The molecule has 0 spiro atoms. The van der Waals surface area contributed by atoms with E-state index in [9.17, 15) is 4.79 Å². The normalized spacial score (nSPS) is 15.1. The zero-order chi connectivity index (χ0) is 10.8. The van der Waals surface area contributed by atoms with E-state index >= 15 is 0 Å². The van der Waals surface area contributed by atoms with Crippen LogP contribution in [-0.2, 0) is 0 Å².